The number of carbonyl (C=O) groups excluding carboxylic acids is 1. The highest BCUT2D eigenvalue weighted by Gasteiger charge is 2.09. The smallest absolute Gasteiger partial charge is 0.267 e. The van der Waals surface area contributed by atoms with Gasteiger partial charge >= 0.3 is 0 Å². The molecule has 120 valence electrons. The van der Waals surface area contributed by atoms with Crippen molar-refractivity contribution in [1.82, 2.24) is 5.43 Å². The highest BCUT2D eigenvalue weighted by atomic mass is 16.2. The van der Waals surface area contributed by atoms with Crippen LogP contribution in [-0.4, -0.2) is 11.6 Å². The molecule has 0 atom stereocenters. The molecule has 0 radical (unpaired) electrons. The van der Waals surface area contributed by atoms with Crippen molar-refractivity contribution in [2.75, 3.05) is 0 Å². The van der Waals surface area contributed by atoms with Crippen molar-refractivity contribution in [2.24, 2.45) is 5.10 Å². The molecule has 0 aromatic heterocycles. The molecular weight excluding hydrogens is 296 g/mol. The van der Waals surface area contributed by atoms with Crippen LogP contribution in [0.4, 0.5) is 0 Å². The fourth-order valence-electron chi connectivity index (χ4n) is 2.65. The highest BCUT2D eigenvalue weighted by Crippen LogP contribution is 2.18. The Balaban J connectivity index is 1.85. The summed E-state index contributed by atoms with van der Waals surface area (Å²) in [5.41, 5.74) is 7.55. The Kier molecular flexibility index (Phi) is 4.43. The first-order chi connectivity index (χ1) is 11.6. The maximum absolute atomic E-state index is 12.5. The summed E-state index contributed by atoms with van der Waals surface area (Å²) in [6.45, 7) is 6.04. The van der Waals surface area contributed by atoms with Crippen molar-refractivity contribution in [3.05, 3.63) is 82.9 Å². The van der Waals surface area contributed by atoms with Gasteiger partial charge in [-0.2, -0.15) is 5.10 Å². The summed E-state index contributed by atoms with van der Waals surface area (Å²) >= 11 is 0. The number of rotatable bonds is 3. The Morgan fingerprint density at radius 1 is 0.917 bits per heavy atom. The predicted octanol–water partition coefficient (Wildman–Crippen LogP) is 4.61. The molecular formula is C21H20N2O. The Labute approximate surface area is 142 Å². The number of hydrogen-bond acceptors (Lipinski definition) is 2. The summed E-state index contributed by atoms with van der Waals surface area (Å²) in [6.07, 6.45) is 0. The molecule has 1 amide bonds. The van der Waals surface area contributed by atoms with Gasteiger partial charge < -0.3 is 0 Å². The molecule has 3 rings (SSSR count). The molecule has 0 unspecified atom stereocenters. The van der Waals surface area contributed by atoms with Crippen LogP contribution in [0.25, 0.3) is 10.8 Å². The van der Waals surface area contributed by atoms with Crippen LogP contribution >= 0.6 is 0 Å². The summed E-state index contributed by atoms with van der Waals surface area (Å²) in [5.74, 6) is -0.199. The van der Waals surface area contributed by atoms with E-state index in [4.69, 9.17) is 0 Å². The molecule has 24 heavy (non-hydrogen) atoms. The van der Waals surface area contributed by atoms with Crippen LogP contribution in [0.1, 0.15) is 34.0 Å². The molecule has 0 bridgehead atoms. The zero-order valence-corrected chi connectivity index (χ0v) is 14.1. The maximum Gasteiger partial charge on any atom is 0.272 e. The van der Waals surface area contributed by atoms with E-state index in [2.05, 4.69) is 36.5 Å². The zero-order chi connectivity index (χ0) is 17.1. The Bertz CT molecular complexity index is 936. The number of nitrogens with one attached hydrogen (secondary N) is 1. The van der Waals surface area contributed by atoms with E-state index in [1.165, 1.54) is 11.1 Å². The minimum Gasteiger partial charge on any atom is -0.267 e. The number of aryl methyl sites for hydroxylation is 2. The van der Waals surface area contributed by atoms with Crippen LogP contribution in [0, 0.1) is 13.8 Å². The lowest BCUT2D eigenvalue weighted by molar-refractivity contribution is 0.0956. The fourth-order valence-corrected chi connectivity index (χ4v) is 2.65. The third kappa shape index (κ3) is 3.20. The SMILES string of the molecule is CC(=NNC(=O)c1cccc2ccccc12)c1ccc(C)c(C)c1. The molecule has 0 saturated carbocycles. The molecule has 1 N–H and O–H groups in total. The molecule has 0 saturated heterocycles. The third-order valence-corrected chi connectivity index (χ3v) is 4.28. The number of amides is 1. The van der Waals surface area contributed by atoms with Gasteiger partial charge in [-0.3, -0.25) is 4.79 Å². The molecule has 0 spiro atoms. The van der Waals surface area contributed by atoms with Gasteiger partial charge in [0.1, 0.15) is 0 Å². The van der Waals surface area contributed by atoms with Gasteiger partial charge in [-0.1, -0.05) is 48.5 Å². The number of fused-ring (bicyclic) bond motifs is 1. The molecule has 0 aliphatic heterocycles. The summed E-state index contributed by atoms with van der Waals surface area (Å²) in [7, 11) is 0. The number of benzene rings is 3. The standard InChI is InChI=1S/C21H20N2O/c1-14-11-12-18(13-15(14)2)16(3)22-23-21(24)20-10-6-8-17-7-4-5-9-19(17)20/h4-13H,1-3H3,(H,23,24). The Morgan fingerprint density at radius 2 is 1.67 bits per heavy atom. The van der Waals surface area contributed by atoms with Crippen molar-refractivity contribution in [2.45, 2.75) is 20.8 Å². The fraction of sp³-hybridized carbons (Fsp3) is 0.143. The zero-order valence-electron chi connectivity index (χ0n) is 14.1. The van der Waals surface area contributed by atoms with E-state index in [9.17, 15) is 4.79 Å². The summed E-state index contributed by atoms with van der Waals surface area (Å²) in [5, 5.41) is 6.23. The van der Waals surface area contributed by atoms with Crippen molar-refractivity contribution in [3.63, 3.8) is 0 Å². The monoisotopic (exact) mass is 316 g/mol. The van der Waals surface area contributed by atoms with E-state index in [0.717, 1.165) is 22.0 Å². The number of carbonyl (C=O) groups is 1. The van der Waals surface area contributed by atoms with Gasteiger partial charge in [0.15, 0.2) is 0 Å². The van der Waals surface area contributed by atoms with Crippen LogP contribution in [0.3, 0.4) is 0 Å². The van der Waals surface area contributed by atoms with Crippen LogP contribution in [0.2, 0.25) is 0 Å². The van der Waals surface area contributed by atoms with Gasteiger partial charge in [0.25, 0.3) is 5.91 Å². The lowest BCUT2D eigenvalue weighted by Gasteiger charge is -2.07. The second-order valence-corrected chi connectivity index (χ2v) is 5.96. The van der Waals surface area contributed by atoms with Crippen molar-refractivity contribution >= 4 is 22.4 Å². The van der Waals surface area contributed by atoms with E-state index in [1.54, 1.807) is 0 Å². The number of hydrazone groups is 1. The number of hydrogen-bond donors (Lipinski definition) is 1. The average Bonchev–Trinajstić information content (AvgIpc) is 2.61. The summed E-state index contributed by atoms with van der Waals surface area (Å²) < 4.78 is 0. The van der Waals surface area contributed by atoms with Crippen LogP contribution in [-0.2, 0) is 0 Å². The quantitative estimate of drug-likeness (QED) is 0.556. The van der Waals surface area contributed by atoms with Crippen LogP contribution < -0.4 is 5.43 Å². The van der Waals surface area contributed by atoms with E-state index in [0.29, 0.717) is 5.56 Å². The molecule has 0 aliphatic rings. The lowest BCUT2D eigenvalue weighted by atomic mass is 10.0. The topological polar surface area (TPSA) is 41.5 Å². The molecule has 3 aromatic carbocycles. The van der Waals surface area contributed by atoms with Gasteiger partial charge in [0.2, 0.25) is 0 Å². The number of nitrogens with zero attached hydrogens (tertiary/aromatic N) is 1. The van der Waals surface area contributed by atoms with E-state index >= 15 is 0 Å². The third-order valence-electron chi connectivity index (χ3n) is 4.28. The maximum atomic E-state index is 12.5. The van der Waals surface area contributed by atoms with Crippen LogP contribution in [0.5, 0.6) is 0 Å². The minimum absolute atomic E-state index is 0.199. The van der Waals surface area contributed by atoms with Gasteiger partial charge in [-0.15, -0.1) is 0 Å². The van der Waals surface area contributed by atoms with Crippen molar-refractivity contribution < 1.29 is 4.79 Å². The second kappa shape index (κ2) is 6.67. The first-order valence-corrected chi connectivity index (χ1v) is 7.96. The average molecular weight is 316 g/mol. The highest BCUT2D eigenvalue weighted by molar-refractivity contribution is 6.08. The first kappa shape index (κ1) is 15.9. The summed E-state index contributed by atoms with van der Waals surface area (Å²) in [6, 6.07) is 19.7. The molecule has 3 aromatic rings. The van der Waals surface area contributed by atoms with E-state index < -0.39 is 0 Å². The van der Waals surface area contributed by atoms with Crippen LogP contribution in [0.15, 0.2) is 65.8 Å². The summed E-state index contributed by atoms with van der Waals surface area (Å²) in [4.78, 5) is 12.5. The predicted molar refractivity (Wildman–Crippen MR) is 99.5 cm³/mol. The lowest BCUT2D eigenvalue weighted by Crippen LogP contribution is -2.19. The van der Waals surface area contributed by atoms with Gasteiger partial charge in [-0.25, -0.2) is 5.43 Å². The molecule has 0 heterocycles. The Morgan fingerprint density at radius 3 is 2.46 bits per heavy atom. The molecule has 0 fully saturated rings. The molecule has 3 heteroatoms. The van der Waals surface area contributed by atoms with E-state index in [1.807, 2.05) is 55.5 Å². The van der Waals surface area contributed by atoms with E-state index in [-0.39, 0.29) is 5.91 Å². The minimum atomic E-state index is -0.199. The molecule has 3 nitrogen and oxygen atoms in total. The first-order valence-electron chi connectivity index (χ1n) is 7.96. The largest absolute Gasteiger partial charge is 0.272 e. The van der Waals surface area contributed by atoms with Gasteiger partial charge in [0, 0.05) is 5.56 Å². The molecule has 0 aliphatic carbocycles. The van der Waals surface area contributed by atoms with Crippen molar-refractivity contribution in [3.8, 4) is 0 Å². The van der Waals surface area contributed by atoms with Crippen molar-refractivity contribution in [1.29, 1.82) is 0 Å². The van der Waals surface area contributed by atoms with Gasteiger partial charge in [-0.05, 0) is 60.4 Å². The second-order valence-electron chi connectivity index (χ2n) is 5.96. The van der Waals surface area contributed by atoms with Gasteiger partial charge in [0.05, 0.1) is 5.71 Å². The Hall–Kier alpha value is -2.94. The normalized spacial score (nSPS) is 11.5.